The van der Waals surface area contributed by atoms with Gasteiger partial charge in [0.1, 0.15) is 6.61 Å². The average Bonchev–Trinajstić information content (AvgIpc) is 2.26. The molecular weight excluding hydrogens is 224 g/mol. The van der Waals surface area contributed by atoms with Crippen molar-refractivity contribution in [3.05, 3.63) is 37.0 Å². The number of carbonyl (C=O) groups is 2. The molecule has 0 aliphatic heterocycles. The predicted octanol–water partition coefficient (Wildman–Crippen LogP) is 1.30. The van der Waals surface area contributed by atoms with Crippen LogP contribution in [0.2, 0.25) is 0 Å². The van der Waals surface area contributed by atoms with E-state index < -0.39 is 18.0 Å². The molecule has 0 aliphatic carbocycles. The highest BCUT2D eigenvalue weighted by Crippen LogP contribution is 1.83. The quantitative estimate of drug-likeness (QED) is 0.431. The highest BCUT2D eigenvalue weighted by molar-refractivity contribution is 5.81. The third-order valence-electron chi connectivity index (χ3n) is 1.18. The van der Waals surface area contributed by atoms with Crippen molar-refractivity contribution in [3.63, 3.8) is 0 Å². The number of hydrogen-bond acceptors (Lipinski definition) is 4. The smallest absolute Gasteiger partial charge is 0.330 e. The van der Waals surface area contributed by atoms with Crippen molar-refractivity contribution in [2.24, 2.45) is 0 Å². The summed E-state index contributed by atoms with van der Waals surface area (Å²) in [5.74, 6) is -1.42. The Labute approximate surface area is 101 Å². The number of carbonyl (C=O) groups excluding carboxylic acids is 1. The van der Waals surface area contributed by atoms with Crippen LogP contribution in [0.5, 0.6) is 0 Å². The van der Waals surface area contributed by atoms with Crippen molar-refractivity contribution >= 4 is 11.9 Å². The fraction of sp³-hybridized carbons (Fsp3) is 0.333. The molecule has 0 aromatic carbocycles. The van der Waals surface area contributed by atoms with Gasteiger partial charge in [0.05, 0.1) is 6.10 Å². The summed E-state index contributed by atoms with van der Waals surface area (Å²) in [6.07, 6.45) is 6.44. The zero-order valence-corrected chi connectivity index (χ0v) is 10.00. The van der Waals surface area contributed by atoms with Crippen LogP contribution in [-0.2, 0) is 14.3 Å². The molecule has 17 heavy (non-hydrogen) atoms. The van der Waals surface area contributed by atoms with Crippen molar-refractivity contribution in [1.82, 2.24) is 0 Å². The van der Waals surface area contributed by atoms with Gasteiger partial charge in [-0.2, -0.15) is 0 Å². The first-order valence-electron chi connectivity index (χ1n) is 4.93. The van der Waals surface area contributed by atoms with E-state index in [0.29, 0.717) is 0 Å². The second-order valence-electron chi connectivity index (χ2n) is 2.91. The van der Waals surface area contributed by atoms with Crippen LogP contribution in [0.25, 0.3) is 0 Å². The Bertz CT molecular complexity index is 289. The highest BCUT2D eigenvalue weighted by atomic mass is 16.5. The largest absolute Gasteiger partial charge is 0.478 e. The fourth-order valence-electron chi connectivity index (χ4n) is 0.511. The molecule has 1 atom stereocenters. The van der Waals surface area contributed by atoms with Gasteiger partial charge < -0.3 is 14.9 Å². The van der Waals surface area contributed by atoms with Gasteiger partial charge in [0, 0.05) is 12.2 Å². The Morgan fingerprint density at radius 2 is 2.00 bits per heavy atom. The van der Waals surface area contributed by atoms with Crippen LogP contribution in [0.4, 0.5) is 0 Å². The molecule has 0 aliphatic rings. The van der Waals surface area contributed by atoms with Gasteiger partial charge in [-0.1, -0.05) is 24.8 Å². The molecule has 5 nitrogen and oxygen atoms in total. The molecule has 2 N–H and O–H groups in total. The normalized spacial score (nSPS) is 11.7. The number of rotatable bonds is 5. The molecule has 0 fully saturated rings. The van der Waals surface area contributed by atoms with E-state index in [9.17, 15) is 9.59 Å². The maximum Gasteiger partial charge on any atom is 0.330 e. The summed E-state index contributed by atoms with van der Waals surface area (Å²) in [6.45, 7) is 6.58. The topological polar surface area (TPSA) is 83.8 Å². The molecular formula is C12H18O5. The zero-order chi connectivity index (χ0) is 13.7. The summed E-state index contributed by atoms with van der Waals surface area (Å²) in [4.78, 5) is 20.0. The lowest BCUT2D eigenvalue weighted by Crippen LogP contribution is -2.13. The first-order valence-corrected chi connectivity index (χ1v) is 4.93. The lowest BCUT2D eigenvalue weighted by atomic mass is 10.4. The second-order valence-corrected chi connectivity index (χ2v) is 2.91. The predicted molar refractivity (Wildman–Crippen MR) is 64.4 cm³/mol. The molecule has 96 valence electrons. The van der Waals surface area contributed by atoms with Gasteiger partial charge in [0.25, 0.3) is 0 Å². The third kappa shape index (κ3) is 20.3. The molecule has 0 saturated carbocycles. The van der Waals surface area contributed by atoms with Crippen LogP contribution < -0.4 is 0 Å². The van der Waals surface area contributed by atoms with Crippen LogP contribution in [-0.4, -0.2) is 34.9 Å². The third-order valence-corrected chi connectivity index (χ3v) is 1.18. The van der Waals surface area contributed by atoms with E-state index in [1.807, 2.05) is 6.92 Å². The minimum atomic E-state index is -0.914. The summed E-state index contributed by atoms with van der Waals surface area (Å²) in [5, 5.41) is 16.6. The number of hydrogen-bond donors (Lipinski definition) is 2. The molecule has 1 unspecified atom stereocenters. The first kappa shape index (κ1) is 17.5. The Hall–Kier alpha value is -1.88. The van der Waals surface area contributed by atoms with E-state index in [1.54, 1.807) is 12.2 Å². The van der Waals surface area contributed by atoms with E-state index in [2.05, 4.69) is 11.3 Å². The van der Waals surface area contributed by atoms with Crippen LogP contribution in [0.3, 0.4) is 0 Å². The van der Waals surface area contributed by atoms with Crippen molar-refractivity contribution in [1.29, 1.82) is 0 Å². The minimum absolute atomic E-state index is 0.0326. The molecule has 0 heterocycles. The minimum Gasteiger partial charge on any atom is -0.478 e. The number of aliphatic carboxylic acids is 1. The van der Waals surface area contributed by atoms with Crippen LogP contribution in [0.15, 0.2) is 37.0 Å². The average molecular weight is 242 g/mol. The molecule has 0 aromatic heterocycles. The molecule has 0 spiro atoms. The van der Waals surface area contributed by atoms with Gasteiger partial charge in [0.2, 0.25) is 0 Å². The maximum absolute atomic E-state index is 10.3. The fourth-order valence-corrected chi connectivity index (χ4v) is 0.511. The van der Waals surface area contributed by atoms with E-state index in [4.69, 9.17) is 10.2 Å². The van der Waals surface area contributed by atoms with Crippen LogP contribution in [0.1, 0.15) is 13.8 Å². The summed E-state index contributed by atoms with van der Waals surface area (Å²) in [6, 6.07) is 0. The van der Waals surface area contributed by atoms with Gasteiger partial charge in [-0.3, -0.25) is 0 Å². The Morgan fingerprint density at radius 3 is 2.35 bits per heavy atom. The first-order chi connectivity index (χ1) is 7.93. The summed E-state index contributed by atoms with van der Waals surface area (Å²) >= 11 is 0. The number of ether oxygens (including phenoxy) is 1. The van der Waals surface area contributed by atoms with Gasteiger partial charge in [-0.15, -0.1) is 0 Å². The summed E-state index contributed by atoms with van der Waals surface area (Å²) < 4.78 is 4.45. The Kier molecular flexibility index (Phi) is 12.6. The number of esters is 1. The molecule has 5 heteroatoms. The highest BCUT2D eigenvalue weighted by Gasteiger charge is 1.98. The Morgan fingerprint density at radius 1 is 1.41 bits per heavy atom. The molecule has 0 radical (unpaired) electrons. The van der Waals surface area contributed by atoms with E-state index in [0.717, 1.165) is 12.2 Å². The maximum atomic E-state index is 10.3. The zero-order valence-electron chi connectivity index (χ0n) is 10.00. The van der Waals surface area contributed by atoms with Gasteiger partial charge in [-0.05, 0) is 13.8 Å². The van der Waals surface area contributed by atoms with E-state index in [-0.39, 0.29) is 6.61 Å². The van der Waals surface area contributed by atoms with Gasteiger partial charge in [0.15, 0.2) is 0 Å². The van der Waals surface area contributed by atoms with Crippen LogP contribution >= 0.6 is 0 Å². The van der Waals surface area contributed by atoms with Crippen molar-refractivity contribution in [2.75, 3.05) is 6.61 Å². The number of carboxylic acid groups (broad SMARTS) is 1. The van der Waals surface area contributed by atoms with Crippen molar-refractivity contribution in [2.45, 2.75) is 20.0 Å². The van der Waals surface area contributed by atoms with Gasteiger partial charge >= 0.3 is 11.9 Å². The summed E-state index contributed by atoms with van der Waals surface area (Å²) in [7, 11) is 0. The SMILES string of the molecule is C/C=C/C=C/C(=O)O.C=CC(=O)OCC(C)O. The molecule has 0 saturated heterocycles. The van der Waals surface area contributed by atoms with Gasteiger partial charge in [-0.25, -0.2) is 9.59 Å². The van der Waals surface area contributed by atoms with Crippen molar-refractivity contribution in [3.8, 4) is 0 Å². The van der Waals surface area contributed by atoms with Crippen molar-refractivity contribution < 1.29 is 24.5 Å². The van der Waals surface area contributed by atoms with E-state index in [1.165, 1.54) is 13.0 Å². The number of aliphatic hydroxyl groups is 1. The monoisotopic (exact) mass is 242 g/mol. The van der Waals surface area contributed by atoms with E-state index >= 15 is 0 Å². The molecule has 0 bridgehead atoms. The second kappa shape index (κ2) is 12.2. The number of aliphatic hydroxyl groups excluding tert-OH is 1. The number of carboxylic acids is 1. The molecule has 0 rings (SSSR count). The standard InChI is InChI=1S/C6H10O3.C6H8O2/c1-3-6(8)9-4-5(2)7;1-2-3-4-5-6(7)8/h3,5,7H,1,4H2,2H3;2-5H,1H3,(H,7,8)/b;3-2+,5-4+. The Balaban J connectivity index is 0. The summed E-state index contributed by atoms with van der Waals surface area (Å²) in [5.41, 5.74) is 0. The lowest BCUT2D eigenvalue weighted by Gasteiger charge is -2.02. The van der Waals surface area contributed by atoms with Crippen LogP contribution in [0, 0.1) is 0 Å². The molecule has 0 aromatic rings. The molecule has 0 amide bonds. The lowest BCUT2D eigenvalue weighted by molar-refractivity contribution is -0.140. The number of allylic oxidation sites excluding steroid dienone is 3.